The third kappa shape index (κ3) is 2.96. The molecule has 6 heteroatoms. The van der Waals surface area contributed by atoms with Gasteiger partial charge in [-0.3, -0.25) is 4.79 Å². The van der Waals surface area contributed by atoms with E-state index in [0.29, 0.717) is 4.88 Å². The number of rotatable bonds is 4. The molecule has 1 heterocycles. The normalized spacial score (nSPS) is 10.4. The van der Waals surface area contributed by atoms with Crippen LogP contribution in [0.3, 0.4) is 0 Å². The molecule has 1 aromatic carbocycles. The topological polar surface area (TPSA) is 75.6 Å². The van der Waals surface area contributed by atoms with Crippen LogP contribution in [0, 0.1) is 20.8 Å². The highest BCUT2D eigenvalue weighted by molar-refractivity contribution is 7.15. The molecule has 0 atom stereocenters. The van der Waals surface area contributed by atoms with E-state index in [9.17, 15) is 9.59 Å². The van der Waals surface area contributed by atoms with Crippen molar-refractivity contribution in [2.45, 2.75) is 20.8 Å². The number of aromatic carboxylic acids is 1. The molecule has 2 rings (SSSR count). The van der Waals surface area contributed by atoms with Crippen LogP contribution in [0.1, 0.15) is 36.0 Å². The Morgan fingerprint density at radius 3 is 2.32 bits per heavy atom. The first-order valence-electron chi connectivity index (χ1n) is 6.64. The minimum atomic E-state index is -1.03. The Bertz CT molecular complexity index is 749. The third-order valence-electron chi connectivity index (χ3n) is 3.55. The summed E-state index contributed by atoms with van der Waals surface area (Å²) in [6, 6.07) is 4.82. The molecule has 0 spiro atoms. The molecule has 0 unspecified atom stereocenters. The zero-order chi connectivity index (χ0) is 16.4. The van der Waals surface area contributed by atoms with Crippen molar-refractivity contribution in [3.63, 3.8) is 0 Å². The Labute approximate surface area is 132 Å². The summed E-state index contributed by atoms with van der Waals surface area (Å²) in [7, 11) is 1.61. The summed E-state index contributed by atoms with van der Waals surface area (Å²) in [6.45, 7) is 5.73. The van der Waals surface area contributed by atoms with E-state index in [1.54, 1.807) is 7.11 Å². The number of hydrogen-bond donors (Lipinski definition) is 2. The molecular weight excluding hydrogens is 302 g/mol. The first-order chi connectivity index (χ1) is 10.3. The van der Waals surface area contributed by atoms with Crippen molar-refractivity contribution in [2.24, 2.45) is 0 Å². The molecule has 1 aromatic heterocycles. The molecule has 5 nitrogen and oxygen atoms in total. The highest BCUT2D eigenvalue weighted by atomic mass is 32.1. The number of benzene rings is 1. The van der Waals surface area contributed by atoms with E-state index in [1.807, 2.05) is 26.8 Å². The summed E-state index contributed by atoms with van der Waals surface area (Å²) < 4.78 is 5.31. The maximum Gasteiger partial charge on any atom is 0.345 e. The number of anilines is 1. The number of carbonyl (C=O) groups is 2. The standard InChI is InChI=1S/C16H17NO4S/c1-8-7-11(21-4)9(2)10(3)14(8)17-15(18)12-5-6-13(22-12)16(19)20/h5-7H,1-4H3,(H,17,18)(H,19,20). The lowest BCUT2D eigenvalue weighted by atomic mass is 10.0. The molecule has 22 heavy (non-hydrogen) atoms. The maximum absolute atomic E-state index is 12.3. The van der Waals surface area contributed by atoms with Gasteiger partial charge in [0.25, 0.3) is 5.91 Å². The highest BCUT2D eigenvalue weighted by Gasteiger charge is 2.16. The second kappa shape index (κ2) is 6.19. The number of carbonyl (C=O) groups excluding carboxylic acids is 1. The van der Waals surface area contributed by atoms with Crippen molar-refractivity contribution in [3.8, 4) is 5.75 Å². The quantitative estimate of drug-likeness (QED) is 0.902. The first kappa shape index (κ1) is 16.0. The highest BCUT2D eigenvalue weighted by Crippen LogP contribution is 2.31. The number of carboxylic acid groups (broad SMARTS) is 1. The van der Waals surface area contributed by atoms with Gasteiger partial charge in [-0.2, -0.15) is 0 Å². The molecule has 1 amide bonds. The van der Waals surface area contributed by atoms with Gasteiger partial charge in [-0.1, -0.05) is 0 Å². The minimum absolute atomic E-state index is 0.143. The lowest BCUT2D eigenvalue weighted by Gasteiger charge is -2.16. The fourth-order valence-corrected chi connectivity index (χ4v) is 2.94. The van der Waals surface area contributed by atoms with Gasteiger partial charge in [0.2, 0.25) is 0 Å². The Hall–Kier alpha value is -2.34. The molecule has 0 bridgehead atoms. The van der Waals surface area contributed by atoms with Crippen LogP contribution in [0.4, 0.5) is 5.69 Å². The van der Waals surface area contributed by atoms with E-state index in [-0.39, 0.29) is 10.8 Å². The van der Waals surface area contributed by atoms with Crippen molar-refractivity contribution in [1.29, 1.82) is 0 Å². The number of methoxy groups -OCH3 is 1. The molecule has 0 saturated heterocycles. The third-order valence-corrected chi connectivity index (χ3v) is 4.62. The zero-order valence-corrected chi connectivity index (χ0v) is 13.6. The van der Waals surface area contributed by atoms with Crippen molar-refractivity contribution >= 4 is 28.9 Å². The number of thiophene rings is 1. The minimum Gasteiger partial charge on any atom is -0.496 e. The van der Waals surface area contributed by atoms with Crippen molar-refractivity contribution in [1.82, 2.24) is 0 Å². The Morgan fingerprint density at radius 1 is 1.14 bits per heavy atom. The van der Waals surface area contributed by atoms with Gasteiger partial charge in [0.15, 0.2) is 0 Å². The average Bonchev–Trinajstić information content (AvgIpc) is 2.97. The van der Waals surface area contributed by atoms with Crippen LogP contribution >= 0.6 is 11.3 Å². The lowest BCUT2D eigenvalue weighted by molar-refractivity contribution is 0.0702. The van der Waals surface area contributed by atoms with Crippen LogP contribution in [-0.4, -0.2) is 24.1 Å². The predicted molar refractivity (Wildman–Crippen MR) is 86.4 cm³/mol. The van der Waals surface area contributed by atoms with Crippen LogP contribution < -0.4 is 10.1 Å². The van der Waals surface area contributed by atoms with E-state index >= 15 is 0 Å². The summed E-state index contributed by atoms with van der Waals surface area (Å²) in [6.07, 6.45) is 0. The Kier molecular flexibility index (Phi) is 4.51. The molecule has 2 aromatic rings. The summed E-state index contributed by atoms with van der Waals surface area (Å²) in [5.41, 5.74) is 3.51. The Morgan fingerprint density at radius 2 is 1.77 bits per heavy atom. The number of ether oxygens (including phenoxy) is 1. The van der Waals surface area contributed by atoms with Gasteiger partial charge in [0.1, 0.15) is 10.6 Å². The number of nitrogens with one attached hydrogen (secondary N) is 1. The lowest BCUT2D eigenvalue weighted by Crippen LogP contribution is -2.13. The molecule has 0 saturated carbocycles. The summed E-state index contributed by atoms with van der Waals surface area (Å²) in [4.78, 5) is 23.7. The number of aryl methyl sites for hydroxylation is 1. The van der Waals surface area contributed by atoms with Gasteiger partial charge in [-0.15, -0.1) is 11.3 Å². The predicted octanol–water partition coefficient (Wildman–Crippen LogP) is 3.63. The molecule has 0 aliphatic heterocycles. The van der Waals surface area contributed by atoms with Gasteiger partial charge < -0.3 is 15.2 Å². The molecular formula is C16H17NO4S. The van der Waals surface area contributed by atoms with E-state index in [0.717, 1.165) is 39.5 Å². The van der Waals surface area contributed by atoms with Crippen LogP contribution in [0.15, 0.2) is 18.2 Å². The molecule has 0 aliphatic rings. The molecule has 116 valence electrons. The molecule has 2 N–H and O–H groups in total. The monoisotopic (exact) mass is 319 g/mol. The fourth-order valence-electron chi connectivity index (χ4n) is 2.20. The SMILES string of the molecule is COc1cc(C)c(NC(=O)c2ccc(C(=O)O)s2)c(C)c1C. The number of hydrogen-bond acceptors (Lipinski definition) is 4. The molecule has 0 fully saturated rings. The van der Waals surface area contributed by atoms with E-state index in [2.05, 4.69) is 5.32 Å². The zero-order valence-electron chi connectivity index (χ0n) is 12.8. The summed E-state index contributed by atoms with van der Waals surface area (Å²) in [5.74, 6) is -0.567. The summed E-state index contributed by atoms with van der Waals surface area (Å²) >= 11 is 0.956. The first-order valence-corrected chi connectivity index (χ1v) is 7.46. The van der Waals surface area contributed by atoms with Gasteiger partial charge >= 0.3 is 5.97 Å². The largest absolute Gasteiger partial charge is 0.496 e. The van der Waals surface area contributed by atoms with Gasteiger partial charge in [0.05, 0.1) is 12.0 Å². The number of carboxylic acids is 1. The number of amides is 1. The average molecular weight is 319 g/mol. The van der Waals surface area contributed by atoms with Crippen molar-refractivity contribution in [2.75, 3.05) is 12.4 Å². The van der Waals surface area contributed by atoms with Crippen LogP contribution in [-0.2, 0) is 0 Å². The smallest absolute Gasteiger partial charge is 0.345 e. The van der Waals surface area contributed by atoms with E-state index in [1.165, 1.54) is 12.1 Å². The van der Waals surface area contributed by atoms with Gasteiger partial charge in [-0.25, -0.2) is 4.79 Å². The van der Waals surface area contributed by atoms with Crippen molar-refractivity contribution in [3.05, 3.63) is 44.6 Å². The van der Waals surface area contributed by atoms with Crippen LogP contribution in [0.25, 0.3) is 0 Å². The van der Waals surface area contributed by atoms with Gasteiger partial charge in [0, 0.05) is 5.69 Å². The van der Waals surface area contributed by atoms with Crippen LogP contribution in [0.5, 0.6) is 5.75 Å². The van der Waals surface area contributed by atoms with Gasteiger partial charge in [-0.05, 0) is 55.7 Å². The van der Waals surface area contributed by atoms with E-state index < -0.39 is 5.97 Å². The second-order valence-corrected chi connectivity index (χ2v) is 6.03. The summed E-state index contributed by atoms with van der Waals surface area (Å²) in [5, 5.41) is 11.8. The second-order valence-electron chi connectivity index (χ2n) is 4.94. The van der Waals surface area contributed by atoms with Crippen LogP contribution in [0.2, 0.25) is 0 Å². The Balaban J connectivity index is 2.32. The molecule has 0 radical (unpaired) electrons. The maximum atomic E-state index is 12.3. The molecule has 0 aliphatic carbocycles. The fraction of sp³-hybridized carbons (Fsp3) is 0.250. The van der Waals surface area contributed by atoms with E-state index in [4.69, 9.17) is 9.84 Å². The van der Waals surface area contributed by atoms with Crippen molar-refractivity contribution < 1.29 is 19.4 Å².